The molecule has 150 valence electrons. The Kier molecular flexibility index (Phi) is 5.02. The van der Waals surface area contributed by atoms with Gasteiger partial charge in [0.15, 0.2) is 0 Å². The van der Waals surface area contributed by atoms with Gasteiger partial charge in [0.05, 0.1) is 17.1 Å². The Bertz CT molecular complexity index is 1240. The van der Waals surface area contributed by atoms with Crippen molar-refractivity contribution >= 4 is 22.6 Å². The van der Waals surface area contributed by atoms with Gasteiger partial charge in [-0.2, -0.15) is 0 Å². The normalized spacial score (nSPS) is 16.4. The number of carbonyl (C=O) groups excluding carboxylic acids is 1. The first kappa shape index (κ1) is 19.1. The van der Waals surface area contributed by atoms with Crippen molar-refractivity contribution in [3.8, 4) is 0 Å². The van der Waals surface area contributed by atoms with E-state index in [2.05, 4.69) is 16.9 Å². The summed E-state index contributed by atoms with van der Waals surface area (Å²) in [7, 11) is 0. The quantitative estimate of drug-likeness (QED) is 0.507. The predicted molar refractivity (Wildman–Crippen MR) is 109 cm³/mol. The van der Waals surface area contributed by atoms with Crippen LogP contribution in [-0.2, 0) is 11.3 Å². The van der Waals surface area contributed by atoms with E-state index in [-0.39, 0.29) is 34.6 Å². The summed E-state index contributed by atoms with van der Waals surface area (Å²) in [4.78, 5) is 30.5. The molecule has 1 fully saturated rings. The molecule has 2 N–H and O–H groups in total. The molecule has 1 saturated heterocycles. The van der Waals surface area contributed by atoms with Crippen LogP contribution in [0.4, 0.5) is 0 Å². The van der Waals surface area contributed by atoms with E-state index in [0.717, 1.165) is 18.4 Å². The third-order valence-electron chi connectivity index (χ3n) is 5.13. The molecule has 0 radical (unpaired) electrons. The van der Waals surface area contributed by atoms with Crippen LogP contribution in [0.5, 0.6) is 0 Å². The number of aromatic nitrogens is 3. The molecule has 1 atom stereocenters. The van der Waals surface area contributed by atoms with Crippen LogP contribution in [0.25, 0.3) is 16.7 Å². The van der Waals surface area contributed by atoms with Crippen LogP contribution in [0, 0.1) is 12.3 Å². The van der Waals surface area contributed by atoms with E-state index in [1.807, 2.05) is 13.0 Å². The number of pyridine rings is 2. The van der Waals surface area contributed by atoms with Crippen LogP contribution in [0.15, 0.2) is 41.8 Å². The second-order valence-corrected chi connectivity index (χ2v) is 7.24. The number of nitrogens with zero attached hydrogens (tertiary/aromatic N) is 3. The molecule has 0 aromatic carbocycles. The Balaban J connectivity index is 1.87. The van der Waals surface area contributed by atoms with Crippen molar-refractivity contribution in [3.63, 3.8) is 0 Å². The Labute approximate surface area is 167 Å². The van der Waals surface area contributed by atoms with Gasteiger partial charge in [0.25, 0.3) is 11.5 Å². The average molecular weight is 393 g/mol. The Morgan fingerprint density at radius 2 is 2.31 bits per heavy atom. The summed E-state index contributed by atoms with van der Waals surface area (Å²) in [6.45, 7) is 6.97. The first-order chi connectivity index (χ1) is 14.0. The van der Waals surface area contributed by atoms with Gasteiger partial charge in [-0.1, -0.05) is 12.1 Å². The molecule has 8 nitrogen and oxygen atoms in total. The van der Waals surface area contributed by atoms with E-state index >= 15 is 0 Å². The summed E-state index contributed by atoms with van der Waals surface area (Å²) in [5, 5.41) is 11.7. The predicted octanol–water partition coefficient (Wildman–Crippen LogP) is 1.53. The molecule has 29 heavy (non-hydrogen) atoms. The van der Waals surface area contributed by atoms with Crippen LogP contribution >= 0.6 is 0 Å². The Hall–Kier alpha value is -3.26. The van der Waals surface area contributed by atoms with E-state index in [0.29, 0.717) is 24.4 Å². The number of fused-ring (bicyclic) bond motifs is 2. The molecule has 1 aliphatic heterocycles. The lowest BCUT2D eigenvalue weighted by Crippen LogP contribution is -2.37. The molecule has 0 aliphatic carbocycles. The van der Waals surface area contributed by atoms with Gasteiger partial charge in [-0.15, -0.1) is 6.58 Å². The lowest BCUT2D eigenvalue weighted by molar-refractivity contribution is 0.0856. The molecule has 1 aliphatic rings. The first-order valence-corrected chi connectivity index (χ1v) is 9.61. The van der Waals surface area contributed by atoms with Gasteiger partial charge in [0.1, 0.15) is 16.8 Å². The number of aryl methyl sites for hydroxylation is 1. The summed E-state index contributed by atoms with van der Waals surface area (Å²) in [6, 6.07) is 5.10. The monoisotopic (exact) mass is 393 g/mol. The second kappa shape index (κ2) is 7.63. The van der Waals surface area contributed by atoms with Crippen molar-refractivity contribution < 1.29 is 9.53 Å². The number of rotatable bonds is 5. The van der Waals surface area contributed by atoms with Crippen LogP contribution in [-0.4, -0.2) is 39.1 Å². The first-order valence-electron chi connectivity index (χ1n) is 9.61. The molecule has 0 unspecified atom stereocenters. The molecule has 3 aromatic rings. The lowest BCUT2D eigenvalue weighted by Gasteiger charge is -2.15. The van der Waals surface area contributed by atoms with E-state index < -0.39 is 5.91 Å². The lowest BCUT2D eigenvalue weighted by atomic mass is 10.1. The highest BCUT2D eigenvalue weighted by Gasteiger charge is 2.20. The maximum Gasteiger partial charge on any atom is 0.267 e. The summed E-state index contributed by atoms with van der Waals surface area (Å²) in [6.07, 6.45) is 5.21. The van der Waals surface area contributed by atoms with Gasteiger partial charge in [0, 0.05) is 25.9 Å². The molecule has 0 saturated carbocycles. The Morgan fingerprint density at radius 1 is 1.48 bits per heavy atom. The molecular formula is C21H23N5O3. The zero-order valence-electron chi connectivity index (χ0n) is 16.3. The van der Waals surface area contributed by atoms with E-state index in [4.69, 9.17) is 10.1 Å². The van der Waals surface area contributed by atoms with Crippen molar-refractivity contribution in [1.29, 1.82) is 5.41 Å². The summed E-state index contributed by atoms with van der Waals surface area (Å²) >= 11 is 0. The van der Waals surface area contributed by atoms with Gasteiger partial charge in [-0.05, 0) is 37.5 Å². The highest BCUT2D eigenvalue weighted by molar-refractivity contribution is 5.96. The van der Waals surface area contributed by atoms with Gasteiger partial charge in [0.2, 0.25) is 0 Å². The van der Waals surface area contributed by atoms with Crippen molar-refractivity contribution in [2.24, 2.45) is 0 Å². The highest BCUT2D eigenvalue weighted by Crippen LogP contribution is 2.13. The van der Waals surface area contributed by atoms with E-state index in [9.17, 15) is 9.59 Å². The van der Waals surface area contributed by atoms with Gasteiger partial charge < -0.3 is 14.6 Å². The standard InChI is InChI=1S/C21H23N5O3/c1-3-8-25-18(22)15(20(27)23-11-14-5-4-9-29-14)10-16-19(25)24-17-7-6-13(2)12-26(17)21(16)28/h3,6-7,10,12,14,22H,1,4-5,8-9,11H2,2H3,(H,23,27)/t14-/m0/s1. The minimum atomic E-state index is -0.404. The van der Waals surface area contributed by atoms with Crippen LogP contribution in [0.1, 0.15) is 28.8 Å². The van der Waals surface area contributed by atoms with Crippen molar-refractivity contribution in [1.82, 2.24) is 19.3 Å². The maximum absolute atomic E-state index is 13.1. The average Bonchev–Trinajstić information content (AvgIpc) is 3.23. The van der Waals surface area contributed by atoms with Gasteiger partial charge >= 0.3 is 0 Å². The fraction of sp³-hybridized carbons (Fsp3) is 0.333. The minimum absolute atomic E-state index is 0.00639. The molecular weight excluding hydrogens is 370 g/mol. The minimum Gasteiger partial charge on any atom is -0.376 e. The van der Waals surface area contributed by atoms with E-state index in [1.165, 1.54) is 15.0 Å². The zero-order valence-corrected chi connectivity index (χ0v) is 16.3. The summed E-state index contributed by atoms with van der Waals surface area (Å²) in [5.74, 6) is -0.404. The molecule has 3 aromatic heterocycles. The fourth-order valence-electron chi connectivity index (χ4n) is 3.63. The SMILES string of the molecule is C=CCn1c(=N)c(C(=O)NC[C@@H]2CCCO2)cc2c(=O)n3cc(C)ccc3nc21. The van der Waals surface area contributed by atoms with Gasteiger partial charge in [-0.25, -0.2) is 4.98 Å². The highest BCUT2D eigenvalue weighted by atomic mass is 16.5. The maximum atomic E-state index is 13.1. The third kappa shape index (κ3) is 3.47. The van der Waals surface area contributed by atoms with Crippen molar-refractivity contribution in [3.05, 3.63) is 64.0 Å². The number of hydrogen-bond acceptors (Lipinski definition) is 5. The summed E-state index contributed by atoms with van der Waals surface area (Å²) in [5.41, 5.74) is 1.61. The number of ether oxygens (including phenoxy) is 1. The molecule has 0 spiro atoms. The van der Waals surface area contributed by atoms with Crippen LogP contribution < -0.4 is 16.4 Å². The zero-order chi connectivity index (χ0) is 20.5. The molecule has 8 heteroatoms. The number of nitrogens with one attached hydrogen (secondary N) is 2. The van der Waals surface area contributed by atoms with Gasteiger partial charge in [-0.3, -0.25) is 19.4 Å². The fourth-order valence-corrected chi connectivity index (χ4v) is 3.63. The van der Waals surface area contributed by atoms with Crippen LogP contribution in [0.3, 0.4) is 0 Å². The van der Waals surface area contributed by atoms with Crippen molar-refractivity contribution in [2.45, 2.75) is 32.4 Å². The van der Waals surface area contributed by atoms with Crippen molar-refractivity contribution in [2.75, 3.05) is 13.2 Å². The van der Waals surface area contributed by atoms with E-state index in [1.54, 1.807) is 18.3 Å². The molecule has 4 heterocycles. The smallest absolute Gasteiger partial charge is 0.267 e. The molecule has 1 amide bonds. The topological polar surface area (TPSA) is 101 Å². The second-order valence-electron chi connectivity index (χ2n) is 7.24. The van der Waals surface area contributed by atoms with Crippen LogP contribution in [0.2, 0.25) is 0 Å². The summed E-state index contributed by atoms with van der Waals surface area (Å²) < 4.78 is 8.54. The number of allylic oxidation sites excluding steroid dienone is 1. The Morgan fingerprint density at radius 3 is 3.03 bits per heavy atom. The number of carbonyl (C=O) groups is 1. The number of amides is 1. The third-order valence-corrected chi connectivity index (χ3v) is 5.13. The molecule has 4 rings (SSSR count). The number of hydrogen-bond donors (Lipinski definition) is 2. The molecule has 0 bridgehead atoms. The largest absolute Gasteiger partial charge is 0.376 e.